The number of nitrogens with one attached hydrogen (secondary N) is 1. The molecule has 0 aliphatic heterocycles. The summed E-state index contributed by atoms with van der Waals surface area (Å²) in [6, 6.07) is 5.72. The second kappa shape index (κ2) is 3.21. The van der Waals surface area contributed by atoms with Crippen molar-refractivity contribution in [1.82, 2.24) is 0 Å². The monoisotopic (exact) mass is 249 g/mol. The van der Waals surface area contributed by atoms with Gasteiger partial charge in [0.2, 0.25) is 0 Å². The Morgan fingerprint density at radius 1 is 1.50 bits per heavy atom. The molecule has 1 aromatic carbocycles. The summed E-state index contributed by atoms with van der Waals surface area (Å²) in [5.41, 5.74) is 3.98. The van der Waals surface area contributed by atoms with Gasteiger partial charge in [0.25, 0.3) is 0 Å². The summed E-state index contributed by atoms with van der Waals surface area (Å²) in [5, 5.41) is 8.59. The maximum absolute atomic E-state index is 8.59. The van der Waals surface area contributed by atoms with E-state index in [2.05, 4.69) is 28.1 Å². The average molecular weight is 249 g/mol. The number of anilines is 1. The zero-order valence-electron chi connectivity index (χ0n) is 5.56. The van der Waals surface area contributed by atoms with Gasteiger partial charge in [-0.3, -0.25) is 10.7 Å². The smallest absolute Gasteiger partial charge is 0.0641 e. The molecular formula is C7H8INO. The first-order valence-electron chi connectivity index (χ1n) is 2.91. The minimum absolute atomic E-state index is 0.770. The molecule has 0 aromatic heterocycles. The van der Waals surface area contributed by atoms with Crippen molar-refractivity contribution in [2.24, 2.45) is 0 Å². The lowest BCUT2D eigenvalue weighted by Crippen LogP contribution is -1.93. The number of hydrogen-bond acceptors (Lipinski definition) is 2. The molecule has 0 atom stereocenters. The number of halogens is 1. The van der Waals surface area contributed by atoms with Crippen molar-refractivity contribution in [2.75, 3.05) is 5.48 Å². The van der Waals surface area contributed by atoms with Crippen LogP contribution in [-0.4, -0.2) is 5.21 Å². The Balaban J connectivity index is 3.14. The van der Waals surface area contributed by atoms with Crippen molar-refractivity contribution in [3.8, 4) is 0 Å². The van der Waals surface area contributed by atoms with Gasteiger partial charge in [0, 0.05) is 3.57 Å². The molecular weight excluding hydrogens is 241 g/mol. The molecule has 1 aromatic rings. The third kappa shape index (κ3) is 1.41. The van der Waals surface area contributed by atoms with Crippen LogP contribution in [0.15, 0.2) is 18.2 Å². The third-order valence-electron chi connectivity index (χ3n) is 1.39. The van der Waals surface area contributed by atoms with Crippen molar-refractivity contribution in [3.05, 3.63) is 27.3 Å². The van der Waals surface area contributed by atoms with E-state index in [1.807, 2.05) is 25.1 Å². The summed E-state index contributed by atoms with van der Waals surface area (Å²) in [6.07, 6.45) is 0. The molecule has 0 spiro atoms. The minimum atomic E-state index is 0.770. The molecule has 0 aliphatic rings. The van der Waals surface area contributed by atoms with Crippen LogP contribution < -0.4 is 5.48 Å². The van der Waals surface area contributed by atoms with Crippen molar-refractivity contribution < 1.29 is 5.21 Å². The van der Waals surface area contributed by atoms with Crippen LogP contribution in [-0.2, 0) is 0 Å². The molecule has 0 amide bonds. The fraction of sp³-hybridized carbons (Fsp3) is 0.143. The minimum Gasteiger partial charge on any atom is -0.291 e. The van der Waals surface area contributed by atoms with Crippen LogP contribution in [0.5, 0.6) is 0 Å². The van der Waals surface area contributed by atoms with E-state index >= 15 is 0 Å². The van der Waals surface area contributed by atoms with Crippen LogP contribution in [0.1, 0.15) is 5.56 Å². The fourth-order valence-corrected chi connectivity index (χ4v) is 1.23. The molecule has 0 fully saturated rings. The standard InChI is InChI=1S/C7H8INO/c1-5-6(8)3-2-4-7(5)9-10/h2-4,9-10H,1H3. The average Bonchev–Trinajstić information content (AvgIpc) is 1.95. The fourth-order valence-electron chi connectivity index (χ4n) is 0.729. The molecule has 2 nitrogen and oxygen atoms in total. The largest absolute Gasteiger partial charge is 0.291 e. The van der Waals surface area contributed by atoms with Gasteiger partial charge in [0.05, 0.1) is 5.69 Å². The van der Waals surface area contributed by atoms with Crippen LogP contribution in [0.3, 0.4) is 0 Å². The summed E-state index contributed by atoms with van der Waals surface area (Å²) in [6.45, 7) is 1.96. The van der Waals surface area contributed by atoms with Gasteiger partial charge in [-0.2, -0.15) is 0 Å². The van der Waals surface area contributed by atoms with Crippen LogP contribution in [0.2, 0.25) is 0 Å². The normalized spacial score (nSPS) is 9.50. The lowest BCUT2D eigenvalue weighted by Gasteiger charge is -2.03. The molecule has 54 valence electrons. The predicted octanol–water partition coefficient (Wildman–Crippen LogP) is 2.40. The zero-order chi connectivity index (χ0) is 7.56. The Morgan fingerprint density at radius 3 is 2.70 bits per heavy atom. The Hall–Kier alpha value is -0.290. The highest BCUT2D eigenvalue weighted by Gasteiger charge is 1.97. The molecule has 0 radical (unpaired) electrons. The molecule has 0 bridgehead atoms. The topological polar surface area (TPSA) is 32.3 Å². The van der Waals surface area contributed by atoms with E-state index in [-0.39, 0.29) is 0 Å². The van der Waals surface area contributed by atoms with Crippen molar-refractivity contribution in [2.45, 2.75) is 6.92 Å². The molecule has 0 aliphatic carbocycles. The van der Waals surface area contributed by atoms with E-state index in [1.54, 1.807) is 0 Å². The third-order valence-corrected chi connectivity index (χ3v) is 2.56. The second-order valence-corrected chi connectivity index (χ2v) is 3.19. The lowest BCUT2D eigenvalue weighted by molar-refractivity contribution is 0.388. The van der Waals surface area contributed by atoms with E-state index in [4.69, 9.17) is 5.21 Å². The Morgan fingerprint density at radius 2 is 2.20 bits per heavy atom. The van der Waals surface area contributed by atoms with Crippen LogP contribution in [0, 0.1) is 10.5 Å². The Labute approximate surface area is 73.4 Å². The first kappa shape index (κ1) is 7.81. The highest BCUT2D eigenvalue weighted by molar-refractivity contribution is 14.1. The van der Waals surface area contributed by atoms with Gasteiger partial charge in [-0.15, -0.1) is 0 Å². The summed E-state index contributed by atoms with van der Waals surface area (Å²) in [7, 11) is 0. The predicted molar refractivity (Wildman–Crippen MR) is 49.3 cm³/mol. The maximum Gasteiger partial charge on any atom is 0.0641 e. The zero-order valence-corrected chi connectivity index (χ0v) is 7.71. The molecule has 0 heterocycles. The molecule has 3 heteroatoms. The van der Waals surface area contributed by atoms with Gasteiger partial charge in [0.15, 0.2) is 0 Å². The molecule has 2 N–H and O–H groups in total. The lowest BCUT2D eigenvalue weighted by atomic mass is 10.2. The Kier molecular flexibility index (Phi) is 2.50. The van der Waals surface area contributed by atoms with E-state index in [0.29, 0.717) is 0 Å². The number of hydrogen-bond donors (Lipinski definition) is 2. The van der Waals surface area contributed by atoms with Crippen LogP contribution in [0.25, 0.3) is 0 Å². The van der Waals surface area contributed by atoms with Gasteiger partial charge in [-0.25, -0.2) is 0 Å². The van der Waals surface area contributed by atoms with Crippen LogP contribution >= 0.6 is 22.6 Å². The summed E-state index contributed by atoms with van der Waals surface area (Å²) < 4.78 is 1.15. The summed E-state index contributed by atoms with van der Waals surface area (Å²) >= 11 is 2.22. The van der Waals surface area contributed by atoms with Crippen molar-refractivity contribution in [1.29, 1.82) is 0 Å². The van der Waals surface area contributed by atoms with E-state index in [0.717, 1.165) is 14.8 Å². The van der Waals surface area contributed by atoms with E-state index in [1.165, 1.54) is 0 Å². The molecule has 1 rings (SSSR count). The SMILES string of the molecule is Cc1c(I)cccc1NO. The molecule has 10 heavy (non-hydrogen) atoms. The summed E-state index contributed by atoms with van der Waals surface area (Å²) in [4.78, 5) is 0. The molecule has 0 saturated heterocycles. The van der Waals surface area contributed by atoms with Crippen molar-refractivity contribution >= 4 is 28.3 Å². The maximum atomic E-state index is 8.59. The van der Waals surface area contributed by atoms with Gasteiger partial charge < -0.3 is 0 Å². The van der Waals surface area contributed by atoms with Gasteiger partial charge in [-0.1, -0.05) is 6.07 Å². The molecule has 0 unspecified atom stereocenters. The summed E-state index contributed by atoms with van der Waals surface area (Å²) in [5.74, 6) is 0. The number of benzene rings is 1. The van der Waals surface area contributed by atoms with Gasteiger partial charge in [-0.05, 0) is 47.2 Å². The van der Waals surface area contributed by atoms with E-state index in [9.17, 15) is 0 Å². The van der Waals surface area contributed by atoms with Gasteiger partial charge >= 0.3 is 0 Å². The quantitative estimate of drug-likeness (QED) is 0.591. The number of rotatable bonds is 1. The molecule has 0 saturated carbocycles. The van der Waals surface area contributed by atoms with Crippen LogP contribution in [0.4, 0.5) is 5.69 Å². The van der Waals surface area contributed by atoms with Gasteiger partial charge in [0.1, 0.15) is 0 Å². The van der Waals surface area contributed by atoms with E-state index < -0.39 is 0 Å². The first-order chi connectivity index (χ1) is 4.75. The Bertz CT molecular complexity index is 237. The second-order valence-electron chi connectivity index (χ2n) is 2.02. The first-order valence-corrected chi connectivity index (χ1v) is 3.99. The highest BCUT2D eigenvalue weighted by Crippen LogP contribution is 2.19. The van der Waals surface area contributed by atoms with Crippen molar-refractivity contribution in [3.63, 3.8) is 0 Å². The highest BCUT2D eigenvalue weighted by atomic mass is 127.